The molecule has 0 aromatic heterocycles. The number of benzene rings is 2. The molecule has 0 spiro atoms. The zero-order valence-corrected chi connectivity index (χ0v) is 17.2. The first-order valence-electron chi connectivity index (χ1n) is 9.07. The van der Waals surface area contributed by atoms with Crippen molar-refractivity contribution >= 4 is 27.5 Å². The highest BCUT2D eigenvalue weighted by Gasteiger charge is 2.33. The maximum atomic E-state index is 12.9. The summed E-state index contributed by atoms with van der Waals surface area (Å²) in [5.74, 6) is 0.172. The fourth-order valence-corrected chi connectivity index (χ4v) is 4.96. The first kappa shape index (κ1) is 20.6. The summed E-state index contributed by atoms with van der Waals surface area (Å²) in [6, 6.07) is 13.5. The molecule has 1 saturated heterocycles. The summed E-state index contributed by atoms with van der Waals surface area (Å²) in [5, 5.41) is 3.38. The van der Waals surface area contributed by atoms with Crippen LogP contribution in [0.3, 0.4) is 0 Å². The van der Waals surface area contributed by atoms with Gasteiger partial charge in [-0.05, 0) is 43.2 Å². The van der Waals surface area contributed by atoms with Crippen LogP contribution in [0.1, 0.15) is 18.4 Å². The minimum absolute atomic E-state index is 0.151. The second-order valence-electron chi connectivity index (χ2n) is 6.69. The van der Waals surface area contributed by atoms with Gasteiger partial charge < -0.3 is 10.1 Å². The molecule has 2 aromatic rings. The maximum Gasteiger partial charge on any atom is 0.243 e. The van der Waals surface area contributed by atoms with Gasteiger partial charge in [-0.3, -0.25) is 4.79 Å². The molecule has 1 amide bonds. The highest BCUT2D eigenvalue weighted by molar-refractivity contribution is 7.89. The lowest BCUT2D eigenvalue weighted by molar-refractivity contribution is -0.126. The minimum atomic E-state index is -3.65. The first-order chi connectivity index (χ1) is 13.4. The zero-order chi connectivity index (χ0) is 20.1. The molecule has 1 heterocycles. The van der Waals surface area contributed by atoms with E-state index in [9.17, 15) is 13.2 Å². The number of carbonyl (C=O) groups is 1. The average molecular weight is 423 g/mol. The number of halogens is 1. The van der Waals surface area contributed by atoms with Crippen molar-refractivity contribution in [3.05, 3.63) is 59.1 Å². The number of rotatable bonds is 6. The van der Waals surface area contributed by atoms with E-state index in [-0.39, 0.29) is 23.3 Å². The van der Waals surface area contributed by atoms with Crippen molar-refractivity contribution in [2.45, 2.75) is 24.3 Å². The highest BCUT2D eigenvalue weighted by atomic mass is 35.5. The standard InChI is InChI=1S/C20H23ClN2O4S/c1-27-19-7-3-2-5-15(19)13-22-20(24)16-6-4-12-23(14-16)28(25,26)18-10-8-17(21)9-11-18/h2-3,5,7-11,16H,4,6,12-14H2,1H3,(H,22,24)/t16-/m1/s1. The second-order valence-corrected chi connectivity index (χ2v) is 9.06. The summed E-state index contributed by atoms with van der Waals surface area (Å²) in [5.41, 5.74) is 0.875. The molecule has 28 heavy (non-hydrogen) atoms. The topological polar surface area (TPSA) is 75.7 Å². The maximum absolute atomic E-state index is 12.9. The highest BCUT2D eigenvalue weighted by Crippen LogP contribution is 2.25. The number of carbonyl (C=O) groups excluding carboxylic acids is 1. The van der Waals surface area contributed by atoms with Crippen molar-refractivity contribution in [3.63, 3.8) is 0 Å². The van der Waals surface area contributed by atoms with Gasteiger partial charge >= 0.3 is 0 Å². The molecule has 0 radical (unpaired) electrons. The Morgan fingerprint density at radius 1 is 1.21 bits per heavy atom. The zero-order valence-electron chi connectivity index (χ0n) is 15.6. The van der Waals surface area contributed by atoms with Crippen molar-refractivity contribution in [3.8, 4) is 5.75 Å². The normalized spacial score (nSPS) is 17.9. The molecule has 2 aromatic carbocycles. The lowest BCUT2D eigenvalue weighted by Gasteiger charge is -2.31. The van der Waals surface area contributed by atoms with E-state index in [2.05, 4.69) is 5.32 Å². The summed E-state index contributed by atoms with van der Waals surface area (Å²) in [4.78, 5) is 12.8. The Balaban J connectivity index is 1.65. The molecule has 0 unspecified atom stereocenters. The quantitative estimate of drug-likeness (QED) is 0.776. The van der Waals surface area contributed by atoms with Gasteiger partial charge in [-0.2, -0.15) is 4.31 Å². The van der Waals surface area contributed by atoms with Crippen LogP contribution in [0.4, 0.5) is 0 Å². The molecule has 1 fully saturated rings. The molecular formula is C20H23ClN2O4S. The molecular weight excluding hydrogens is 400 g/mol. The van der Waals surface area contributed by atoms with Crippen molar-refractivity contribution in [1.82, 2.24) is 9.62 Å². The number of sulfonamides is 1. The Morgan fingerprint density at radius 2 is 1.93 bits per heavy atom. The number of para-hydroxylation sites is 1. The van der Waals surface area contributed by atoms with Gasteiger partial charge in [0, 0.05) is 30.2 Å². The third-order valence-corrected chi connectivity index (χ3v) is 6.98. The van der Waals surface area contributed by atoms with E-state index in [0.717, 1.165) is 5.56 Å². The van der Waals surface area contributed by atoms with Gasteiger partial charge in [-0.25, -0.2) is 8.42 Å². The number of piperidine rings is 1. The largest absolute Gasteiger partial charge is 0.496 e. The van der Waals surface area contributed by atoms with Crippen LogP contribution in [0.2, 0.25) is 5.02 Å². The summed E-state index contributed by atoms with van der Waals surface area (Å²) in [7, 11) is -2.06. The monoisotopic (exact) mass is 422 g/mol. The molecule has 0 aliphatic carbocycles. The molecule has 1 atom stereocenters. The molecule has 8 heteroatoms. The third-order valence-electron chi connectivity index (χ3n) is 4.85. The van der Waals surface area contributed by atoms with E-state index in [0.29, 0.717) is 36.7 Å². The molecule has 3 rings (SSSR count). The van der Waals surface area contributed by atoms with Crippen LogP contribution < -0.4 is 10.1 Å². The molecule has 6 nitrogen and oxygen atoms in total. The Hall–Kier alpha value is -2.09. The molecule has 150 valence electrons. The number of ether oxygens (including phenoxy) is 1. The predicted molar refractivity (Wildman–Crippen MR) is 108 cm³/mol. The average Bonchev–Trinajstić information content (AvgIpc) is 2.72. The molecule has 0 bridgehead atoms. The van der Waals surface area contributed by atoms with Crippen LogP contribution in [-0.4, -0.2) is 38.8 Å². The fourth-order valence-electron chi connectivity index (χ4n) is 3.31. The smallest absolute Gasteiger partial charge is 0.243 e. The van der Waals surface area contributed by atoms with Gasteiger partial charge in [0.1, 0.15) is 5.75 Å². The number of methoxy groups -OCH3 is 1. The van der Waals surface area contributed by atoms with Crippen LogP contribution >= 0.6 is 11.6 Å². The Bertz CT molecular complexity index is 931. The number of nitrogens with zero attached hydrogens (tertiary/aromatic N) is 1. The summed E-state index contributed by atoms with van der Waals surface area (Å²) < 4.78 is 32.4. The fraction of sp³-hybridized carbons (Fsp3) is 0.350. The van der Waals surface area contributed by atoms with E-state index in [1.54, 1.807) is 19.2 Å². The second kappa shape index (κ2) is 8.94. The van der Waals surface area contributed by atoms with E-state index in [4.69, 9.17) is 16.3 Å². The van der Waals surface area contributed by atoms with Gasteiger partial charge in [0.25, 0.3) is 0 Å². The van der Waals surface area contributed by atoms with Crippen molar-refractivity contribution in [2.75, 3.05) is 20.2 Å². The van der Waals surface area contributed by atoms with Gasteiger partial charge in [-0.15, -0.1) is 0 Å². The molecule has 1 aliphatic heterocycles. The van der Waals surface area contributed by atoms with Crippen LogP contribution in [0.25, 0.3) is 0 Å². The molecule has 1 N–H and O–H groups in total. The van der Waals surface area contributed by atoms with Gasteiger partial charge in [-0.1, -0.05) is 29.8 Å². The number of nitrogens with one attached hydrogen (secondary N) is 1. The Morgan fingerprint density at radius 3 is 2.64 bits per heavy atom. The van der Waals surface area contributed by atoms with E-state index in [1.165, 1.54) is 16.4 Å². The summed E-state index contributed by atoms with van der Waals surface area (Å²) >= 11 is 5.85. The molecule has 0 saturated carbocycles. The Kier molecular flexibility index (Phi) is 6.59. The number of hydrogen-bond donors (Lipinski definition) is 1. The lowest BCUT2D eigenvalue weighted by atomic mass is 9.98. The van der Waals surface area contributed by atoms with Crippen LogP contribution in [0, 0.1) is 5.92 Å². The minimum Gasteiger partial charge on any atom is -0.496 e. The first-order valence-corrected chi connectivity index (χ1v) is 10.9. The van der Waals surface area contributed by atoms with Gasteiger partial charge in [0.2, 0.25) is 15.9 Å². The van der Waals surface area contributed by atoms with Crippen LogP contribution in [0.5, 0.6) is 5.75 Å². The summed E-state index contributed by atoms with van der Waals surface area (Å²) in [6.45, 7) is 0.910. The third kappa shape index (κ3) is 4.66. The van der Waals surface area contributed by atoms with Crippen molar-refractivity contribution in [1.29, 1.82) is 0 Å². The number of hydrogen-bond acceptors (Lipinski definition) is 4. The molecule has 1 aliphatic rings. The lowest BCUT2D eigenvalue weighted by Crippen LogP contribution is -2.45. The van der Waals surface area contributed by atoms with E-state index < -0.39 is 10.0 Å². The van der Waals surface area contributed by atoms with E-state index >= 15 is 0 Å². The van der Waals surface area contributed by atoms with Gasteiger partial charge in [0.05, 0.1) is 17.9 Å². The Labute approximate surface area is 170 Å². The van der Waals surface area contributed by atoms with Crippen molar-refractivity contribution in [2.24, 2.45) is 5.92 Å². The predicted octanol–water partition coefficient (Wildman–Crippen LogP) is 3.07. The summed E-state index contributed by atoms with van der Waals surface area (Å²) in [6.07, 6.45) is 1.30. The van der Waals surface area contributed by atoms with E-state index in [1.807, 2.05) is 24.3 Å². The number of amides is 1. The van der Waals surface area contributed by atoms with Gasteiger partial charge in [0.15, 0.2) is 0 Å². The van der Waals surface area contributed by atoms with Crippen LogP contribution in [0.15, 0.2) is 53.4 Å². The van der Waals surface area contributed by atoms with Crippen molar-refractivity contribution < 1.29 is 17.9 Å². The SMILES string of the molecule is COc1ccccc1CNC(=O)[C@@H]1CCCN(S(=O)(=O)c2ccc(Cl)cc2)C1. The van der Waals surface area contributed by atoms with Crippen LogP contribution in [-0.2, 0) is 21.4 Å².